The quantitative estimate of drug-likeness (QED) is 0.874. The Bertz CT molecular complexity index is 760. The Labute approximate surface area is 125 Å². The lowest BCUT2D eigenvalue weighted by atomic mass is 10.2. The van der Waals surface area contributed by atoms with Gasteiger partial charge < -0.3 is 0 Å². The van der Waals surface area contributed by atoms with E-state index in [9.17, 15) is 17.7 Å². The van der Waals surface area contributed by atoms with E-state index in [0.29, 0.717) is 5.56 Å². The Balaban J connectivity index is 2.33. The van der Waals surface area contributed by atoms with Crippen LogP contribution in [0.1, 0.15) is 12.5 Å². The molecule has 21 heavy (non-hydrogen) atoms. The van der Waals surface area contributed by atoms with Crippen molar-refractivity contribution in [2.45, 2.75) is 18.7 Å². The Morgan fingerprint density at radius 3 is 2.67 bits per heavy atom. The molecule has 0 fully saturated rings. The molecule has 0 unspecified atom stereocenters. The first-order valence-corrected chi connectivity index (χ1v) is 8.17. The van der Waals surface area contributed by atoms with E-state index in [-0.39, 0.29) is 20.8 Å². The number of anilines is 2. The fourth-order valence-electron chi connectivity index (χ4n) is 1.63. The van der Waals surface area contributed by atoms with E-state index in [0.717, 1.165) is 18.3 Å². The number of carbonyl (C=O) groups is 1. The number of hydrogen-bond acceptors (Lipinski definition) is 5. The second kappa shape index (κ2) is 5.78. The number of thiazole rings is 1. The van der Waals surface area contributed by atoms with Crippen molar-refractivity contribution in [2.75, 3.05) is 9.84 Å². The predicted molar refractivity (Wildman–Crippen MR) is 78.4 cm³/mol. The molecule has 112 valence electrons. The van der Waals surface area contributed by atoms with E-state index in [1.165, 1.54) is 31.3 Å². The minimum absolute atomic E-state index is 0.00991. The molecule has 0 saturated carbocycles. The lowest BCUT2D eigenvalue weighted by Gasteiger charge is -2.13. The first kappa shape index (κ1) is 15.4. The van der Waals surface area contributed by atoms with Gasteiger partial charge in [0.2, 0.25) is 0 Å². The van der Waals surface area contributed by atoms with Gasteiger partial charge in [-0.15, -0.1) is 16.5 Å². The lowest BCUT2D eigenvalue weighted by molar-refractivity contribution is -0.119. The Kier molecular flexibility index (Phi) is 4.24. The SMILES string of the molecule is CC(=O)N(F)c1ccc(S(=O)(=O)Nc2nccs2)cc1C. The maximum Gasteiger partial charge on any atom is 0.263 e. The predicted octanol–water partition coefficient (Wildman–Crippen LogP) is 2.49. The molecule has 0 aliphatic heterocycles. The number of hydrogen-bond donors (Lipinski definition) is 1. The minimum Gasteiger partial charge on any atom is -0.272 e. The summed E-state index contributed by atoms with van der Waals surface area (Å²) in [7, 11) is -3.80. The highest BCUT2D eigenvalue weighted by Gasteiger charge is 2.19. The number of halogens is 1. The zero-order valence-corrected chi connectivity index (χ0v) is 12.8. The van der Waals surface area contributed by atoms with E-state index in [1.54, 1.807) is 5.38 Å². The number of aryl methyl sites for hydroxylation is 1. The summed E-state index contributed by atoms with van der Waals surface area (Å²) in [5.74, 6) is -0.783. The van der Waals surface area contributed by atoms with Gasteiger partial charge in [-0.1, -0.05) is 4.48 Å². The second-order valence-electron chi connectivity index (χ2n) is 4.19. The number of amides is 1. The van der Waals surface area contributed by atoms with E-state index >= 15 is 0 Å². The van der Waals surface area contributed by atoms with Crippen LogP contribution in [-0.2, 0) is 14.8 Å². The molecule has 0 aliphatic rings. The standard InChI is InChI=1S/C12H12FN3O3S2/c1-8-7-10(3-4-11(8)16(13)9(2)17)21(18,19)15-12-14-5-6-20-12/h3-7H,1-2H3,(H,14,15). The Morgan fingerprint density at radius 2 is 2.14 bits per heavy atom. The number of rotatable bonds is 4. The normalized spacial score (nSPS) is 11.2. The van der Waals surface area contributed by atoms with Crippen molar-refractivity contribution in [1.82, 2.24) is 4.98 Å². The van der Waals surface area contributed by atoms with E-state index in [4.69, 9.17) is 0 Å². The summed E-state index contributed by atoms with van der Waals surface area (Å²) in [6.07, 6.45) is 1.48. The highest BCUT2D eigenvalue weighted by Crippen LogP contribution is 2.25. The molecular weight excluding hydrogens is 317 g/mol. The molecule has 1 N–H and O–H groups in total. The topological polar surface area (TPSA) is 79.4 Å². The molecule has 1 aromatic carbocycles. The monoisotopic (exact) mass is 329 g/mol. The van der Waals surface area contributed by atoms with Crippen molar-refractivity contribution in [3.8, 4) is 0 Å². The van der Waals surface area contributed by atoms with Gasteiger partial charge in [-0.25, -0.2) is 13.4 Å². The van der Waals surface area contributed by atoms with Crippen LogP contribution < -0.4 is 9.84 Å². The highest BCUT2D eigenvalue weighted by atomic mass is 32.2. The van der Waals surface area contributed by atoms with Gasteiger partial charge in [-0.3, -0.25) is 9.52 Å². The van der Waals surface area contributed by atoms with E-state index < -0.39 is 15.9 Å². The molecule has 1 aromatic heterocycles. The van der Waals surface area contributed by atoms with Crippen molar-refractivity contribution in [2.24, 2.45) is 0 Å². The maximum absolute atomic E-state index is 13.6. The zero-order chi connectivity index (χ0) is 15.6. The molecule has 0 atom stereocenters. The average molecular weight is 329 g/mol. The van der Waals surface area contributed by atoms with Gasteiger partial charge in [0.15, 0.2) is 5.13 Å². The number of carbonyl (C=O) groups excluding carboxylic acids is 1. The smallest absolute Gasteiger partial charge is 0.263 e. The summed E-state index contributed by atoms with van der Waals surface area (Å²) in [4.78, 5) is 14.8. The summed E-state index contributed by atoms with van der Waals surface area (Å²) in [6.45, 7) is 2.60. The summed E-state index contributed by atoms with van der Waals surface area (Å²) < 4.78 is 40.2. The molecule has 0 spiro atoms. The van der Waals surface area contributed by atoms with Gasteiger partial charge in [-0.05, 0) is 30.7 Å². The van der Waals surface area contributed by atoms with Gasteiger partial charge in [0.1, 0.15) is 0 Å². The molecule has 0 aliphatic carbocycles. The zero-order valence-electron chi connectivity index (χ0n) is 11.2. The third-order valence-corrected chi connectivity index (χ3v) is 4.77. The number of sulfonamides is 1. The third kappa shape index (κ3) is 3.37. The van der Waals surface area contributed by atoms with Crippen LogP contribution in [0.15, 0.2) is 34.7 Å². The van der Waals surface area contributed by atoms with Gasteiger partial charge in [0, 0.05) is 18.5 Å². The summed E-state index contributed by atoms with van der Waals surface area (Å²) >= 11 is 1.15. The van der Waals surface area contributed by atoms with Gasteiger partial charge >= 0.3 is 0 Å². The van der Waals surface area contributed by atoms with Crippen LogP contribution in [0.3, 0.4) is 0 Å². The molecule has 6 nitrogen and oxygen atoms in total. The van der Waals surface area contributed by atoms with E-state index in [1.807, 2.05) is 0 Å². The highest BCUT2D eigenvalue weighted by molar-refractivity contribution is 7.93. The molecule has 0 radical (unpaired) electrons. The molecule has 1 heterocycles. The van der Waals surface area contributed by atoms with Crippen LogP contribution in [0, 0.1) is 6.92 Å². The molecule has 2 aromatic rings. The Hall–Kier alpha value is -2.00. The number of nitrogens with zero attached hydrogens (tertiary/aromatic N) is 2. The summed E-state index contributed by atoms with van der Waals surface area (Å²) in [5, 5.41) is 1.85. The molecule has 1 amide bonds. The van der Waals surface area contributed by atoms with Crippen molar-refractivity contribution in [3.05, 3.63) is 35.3 Å². The van der Waals surface area contributed by atoms with Crippen molar-refractivity contribution < 1.29 is 17.7 Å². The van der Waals surface area contributed by atoms with Crippen LogP contribution in [0.4, 0.5) is 15.3 Å². The number of aromatic nitrogens is 1. The molecule has 9 heteroatoms. The second-order valence-corrected chi connectivity index (χ2v) is 6.77. The summed E-state index contributed by atoms with van der Waals surface area (Å²) in [5.41, 5.74) is 0.338. The largest absolute Gasteiger partial charge is 0.272 e. The third-order valence-electron chi connectivity index (χ3n) is 2.62. The average Bonchev–Trinajstić information content (AvgIpc) is 2.89. The first-order chi connectivity index (χ1) is 9.81. The van der Waals surface area contributed by atoms with Crippen LogP contribution >= 0.6 is 11.3 Å². The first-order valence-electron chi connectivity index (χ1n) is 5.80. The van der Waals surface area contributed by atoms with Crippen LogP contribution in [0.25, 0.3) is 0 Å². The maximum atomic E-state index is 13.6. The van der Waals surface area contributed by atoms with Crippen molar-refractivity contribution in [1.29, 1.82) is 0 Å². The van der Waals surface area contributed by atoms with Gasteiger partial charge in [-0.2, -0.15) is 0 Å². The fourth-order valence-corrected chi connectivity index (χ4v) is 3.51. The number of nitrogens with one attached hydrogen (secondary N) is 1. The molecule has 0 saturated heterocycles. The van der Waals surface area contributed by atoms with Crippen LogP contribution in [-0.4, -0.2) is 19.3 Å². The lowest BCUT2D eigenvalue weighted by Crippen LogP contribution is -2.19. The fraction of sp³-hybridized carbons (Fsp3) is 0.167. The van der Waals surface area contributed by atoms with E-state index in [2.05, 4.69) is 9.71 Å². The minimum atomic E-state index is -3.80. The number of benzene rings is 1. The van der Waals surface area contributed by atoms with Crippen LogP contribution in [0.5, 0.6) is 0 Å². The summed E-state index contributed by atoms with van der Waals surface area (Å²) in [6, 6.07) is 3.77. The Morgan fingerprint density at radius 1 is 1.43 bits per heavy atom. The molecule has 0 bridgehead atoms. The van der Waals surface area contributed by atoms with Crippen molar-refractivity contribution >= 4 is 38.1 Å². The molecular formula is C12H12FN3O3S2. The van der Waals surface area contributed by atoms with Gasteiger partial charge in [0.25, 0.3) is 15.9 Å². The van der Waals surface area contributed by atoms with Crippen LogP contribution in [0.2, 0.25) is 0 Å². The molecule has 2 rings (SSSR count). The van der Waals surface area contributed by atoms with Crippen molar-refractivity contribution in [3.63, 3.8) is 0 Å². The van der Waals surface area contributed by atoms with Gasteiger partial charge in [0.05, 0.1) is 10.6 Å².